The highest BCUT2D eigenvalue weighted by Crippen LogP contribution is 2.20. The first kappa shape index (κ1) is 22.7. The van der Waals surface area contributed by atoms with Crippen LogP contribution in [0.2, 0.25) is 0 Å². The second-order valence-electron chi connectivity index (χ2n) is 6.90. The van der Waals surface area contributed by atoms with Crippen molar-refractivity contribution in [1.82, 2.24) is 9.55 Å². The van der Waals surface area contributed by atoms with Crippen LogP contribution in [0.4, 0.5) is 15.9 Å². The average molecular weight is 438 g/mol. The van der Waals surface area contributed by atoms with Crippen molar-refractivity contribution >= 4 is 23.5 Å². The highest BCUT2D eigenvalue weighted by molar-refractivity contribution is 6.05. The number of ether oxygens (including phenoxy) is 1. The largest absolute Gasteiger partial charge is 0.383 e. The van der Waals surface area contributed by atoms with E-state index in [1.807, 2.05) is 6.07 Å². The number of nitrogens with two attached hydrogens (primary N) is 1. The molecule has 0 saturated carbocycles. The monoisotopic (exact) mass is 438 g/mol. The number of methoxy groups -OCH3 is 1. The van der Waals surface area contributed by atoms with Crippen LogP contribution in [0.3, 0.4) is 0 Å². The summed E-state index contributed by atoms with van der Waals surface area (Å²) in [6.07, 6.45) is 2.48. The fraction of sp³-hybridized carbons (Fsp3) is 0.174. The van der Waals surface area contributed by atoms with E-state index in [2.05, 4.69) is 4.98 Å². The number of rotatable bonds is 8. The lowest BCUT2D eigenvalue weighted by Crippen LogP contribution is -2.40. The Kier molecular flexibility index (Phi) is 7.35. The lowest BCUT2D eigenvalue weighted by atomic mass is 10.1. The summed E-state index contributed by atoms with van der Waals surface area (Å²) in [4.78, 5) is 41.4. The molecule has 0 saturated heterocycles. The van der Waals surface area contributed by atoms with Crippen molar-refractivity contribution in [2.24, 2.45) is 0 Å². The number of halogens is 1. The molecule has 0 aliphatic heterocycles. The predicted molar refractivity (Wildman–Crippen MR) is 121 cm³/mol. The zero-order valence-corrected chi connectivity index (χ0v) is 17.5. The van der Waals surface area contributed by atoms with Gasteiger partial charge in [-0.25, -0.2) is 9.18 Å². The minimum atomic E-state index is -0.801. The number of carbonyl (C=O) groups is 1. The SMILES string of the molecule is COCCn1c(N)c(N(Cc2ccccc2)C(=O)/C=C/c2ccccc2F)c(=O)[nH]c1=O. The van der Waals surface area contributed by atoms with Gasteiger partial charge < -0.3 is 10.5 Å². The van der Waals surface area contributed by atoms with Crippen LogP contribution in [-0.4, -0.2) is 29.2 Å². The zero-order chi connectivity index (χ0) is 23.1. The fourth-order valence-corrected chi connectivity index (χ4v) is 3.14. The number of carbonyl (C=O) groups excluding carboxylic acids is 1. The molecule has 32 heavy (non-hydrogen) atoms. The summed E-state index contributed by atoms with van der Waals surface area (Å²) in [7, 11) is 1.46. The summed E-state index contributed by atoms with van der Waals surface area (Å²) < 4.78 is 20.1. The van der Waals surface area contributed by atoms with Gasteiger partial charge in [0.1, 0.15) is 11.6 Å². The highest BCUT2D eigenvalue weighted by Gasteiger charge is 2.23. The van der Waals surface area contributed by atoms with Gasteiger partial charge in [-0.2, -0.15) is 0 Å². The third-order valence-electron chi connectivity index (χ3n) is 4.76. The molecule has 0 bridgehead atoms. The minimum Gasteiger partial charge on any atom is -0.383 e. The van der Waals surface area contributed by atoms with Crippen LogP contribution >= 0.6 is 0 Å². The molecule has 0 aliphatic carbocycles. The smallest absolute Gasteiger partial charge is 0.330 e. The van der Waals surface area contributed by atoms with E-state index in [-0.39, 0.29) is 36.8 Å². The number of nitrogen functional groups attached to an aromatic ring is 1. The molecule has 0 fully saturated rings. The number of benzene rings is 2. The summed E-state index contributed by atoms with van der Waals surface area (Å²) in [5.41, 5.74) is 5.42. The Morgan fingerprint density at radius 2 is 1.84 bits per heavy atom. The van der Waals surface area contributed by atoms with Crippen LogP contribution < -0.4 is 21.9 Å². The minimum absolute atomic E-state index is 0.0110. The van der Waals surface area contributed by atoms with Gasteiger partial charge in [0.2, 0.25) is 0 Å². The third kappa shape index (κ3) is 5.19. The van der Waals surface area contributed by atoms with Gasteiger partial charge in [-0.1, -0.05) is 48.5 Å². The standard InChI is InChI=1S/C23H23FN4O4/c1-32-14-13-27-21(25)20(22(30)26-23(27)31)28(15-16-7-3-2-4-8-16)19(29)12-11-17-9-5-6-10-18(17)24/h2-12H,13-15,25H2,1H3,(H,26,30,31)/b12-11+. The number of aromatic amines is 1. The van der Waals surface area contributed by atoms with Crippen molar-refractivity contribution in [2.45, 2.75) is 13.1 Å². The topological polar surface area (TPSA) is 110 Å². The van der Waals surface area contributed by atoms with Crippen molar-refractivity contribution in [1.29, 1.82) is 0 Å². The number of nitrogens with zero attached hydrogens (tertiary/aromatic N) is 2. The van der Waals surface area contributed by atoms with Crippen molar-refractivity contribution in [3.05, 3.63) is 98.5 Å². The number of anilines is 2. The Hall–Kier alpha value is -3.98. The Balaban J connectivity index is 2.07. The van der Waals surface area contributed by atoms with Crippen LogP contribution in [0.1, 0.15) is 11.1 Å². The third-order valence-corrected chi connectivity index (χ3v) is 4.76. The van der Waals surface area contributed by atoms with E-state index in [4.69, 9.17) is 10.5 Å². The quantitative estimate of drug-likeness (QED) is 0.524. The van der Waals surface area contributed by atoms with E-state index in [0.717, 1.165) is 21.1 Å². The molecule has 1 aromatic heterocycles. The van der Waals surface area contributed by atoms with E-state index >= 15 is 0 Å². The maximum atomic E-state index is 14.0. The molecule has 8 nitrogen and oxygen atoms in total. The molecule has 0 aliphatic rings. The molecular formula is C23H23FN4O4. The van der Waals surface area contributed by atoms with Crippen molar-refractivity contribution < 1.29 is 13.9 Å². The molecule has 3 N–H and O–H groups in total. The van der Waals surface area contributed by atoms with Gasteiger partial charge in [0.05, 0.1) is 19.7 Å². The molecule has 166 valence electrons. The lowest BCUT2D eigenvalue weighted by molar-refractivity contribution is -0.114. The number of H-pyrrole nitrogens is 1. The van der Waals surface area contributed by atoms with Gasteiger partial charge in [0, 0.05) is 18.7 Å². The normalized spacial score (nSPS) is 11.1. The van der Waals surface area contributed by atoms with Gasteiger partial charge in [-0.15, -0.1) is 0 Å². The van der Waals surface area contributed by atoms with Crippen LogP contribution in [0, 0.1) is 5.82 Å². The van der Waals surface area contributed by atoms with Gasteiger partial charge >= 0.3 is 5.69 Å². The molecule has 9 heteroatoms. The molecule has 2 aromatic carbocycles. The molecule has 3 rings (SSSR count). The maximum Gasteiger partial charge on any atom is 0.330 e. The highest BCUT2D eigenvalue weighted by atomic mass is 19.1. The summed E-state index contributed by atoms with van der Waals surface area (Å²) in [6.45, 7) is 0.274. The summed E-state index contributed by atoms with van der Waals surface area (Å²) in [5, 5.41) is 0. The molecule has 1 amide bonds. The first-order valence-corrected chi connectivity index (χ1v) is 9.82. The van der Waals surface area contributed by atoms with E-state index in [9.17, 15) is 18.8 Å². The van der Waals surface area contributed by atoms with E-state index in [1.54, 1.807) is 36.4 Å². The van der Waals surface area contributed by atoms with Crippen molar-refractivity contribution in [3.63, 3.8) is 0 Å². The van der Waals surface area contributed by atoms with Crippen LogP contribution in [0.25, 0.3) is 6.08 Å². The Morgan fingerprint density at radius 3 is 2.53 bits per heavy atom. The number of aromatic nitrogens is 2. The number of hydrogen-bond acceptors (Lipinski definition) is 5. The van der Waals surface area contributed by atoms with E-state index in [1.165, 1.54) is 25.3 Å². The Bertz CT molecular complexity index is 1230. The molecule has 0 atom stereocenters. The van der Waals surface area contributed by atoms with Crippen LogP contribution in [0.5, 0.6) is 0 Å². The first-order chi connectivity index (χ1) is 15.4. The Labute approximate surface area is 183 Å². The van der Waals surface area contributed by atoms with Crippen molar-refractivity contribution in [3.8, 4) is 0 Å². The second-order valence-corrected chi connectivity index (χ2v) is 6.90. The lowest BCUT2D eigenvalue weighted by Gasteiger charge is -2.23. The van der Waals surface area contributed by atoms with E-state index in [0.29, 0.717) is 0 Å². The second kappa shape index (κ2) is 10.4. The maximum absolute atomic E-state index is 14.0. The van der Waals surface area contributed by atoms with Gasteiger partial charge in [-0.05, 0) is 17.7 Å². The van der Waals surface area contributed by atoms with Crippen LogP contribution in [-0.2, 0) is 22.6 Å². The first-order valence-electron chi connectivity index (χ1n) is 9.82. The summed E-state index contributed by atoms with van der Waals surface area (Å²) in [5.74, 6) is -1.26. The van der Waals surface area contributed by atoms with Gasteiger partial charge in [0.25, 0.3) is 11.5 Å². The fourth-order valence-electron chi connectivity index (χ4n) is 3.14. The molecular weight excluding hydrogens is 415 g/mol. The molecule has 0 unspecified atom stereocenters. The number of hydrogen-bond donors (Lipinski definition) is 2. The van der Waals surface area contributed by atoms with E-state index < -0.39 is 23.0 Å². The summed E-state index contributed by atoms with van der Waals surface area (Å²) in [6, 6.07) is 15.0. The average Bonchev–Trinajstić information content (AvgIpc) is 2.78. The summed E-state index contributed by atoms with van der Waals surface area (Å²) >= 11 is 0. The number of nitrogens with one attached hydrogen (secondary N) is 1. The van der Waals surface area contributed by atoms with Crippen molar-refractivity contribution in [2.75, 3.05) is 24.4 Å². The molecule has 3 aromatic rings. The number of amides is 1. The van der Waals surface area contributed by atoms with Gasteiger partial charge in [-0.3, -0.25) is 24.0 Å². The molecule has 0 spiro atoms. The molecule has 0 radical (unpaired) electrons. The molecule has 1 heterocycles. The zero-order valence-electron chi connectivity index (χ0n) is 17.5. The van der Waals surface area contributed by atoms with Crippen LogP contribution in [0.15, 0.2) is 70.3 Å². The predicted octanol–water partition coefficient (Wildman–Crippen LogP) is 2.15. The van der Waals surface area contributed by atoms with Gasteiger partial charge in [0.15, 0.2) is 5.69 Å². The Morgan fingerprint density at radius 1 is 1.16 bits per heavy atom.